The predicted molar refractivity (Wildman–Crippen MR) is 79.4 cm³/mol. The lowest BCUT2D eigenvalue weighted by Gasteiger charge is -2.14. The van der Waals surface area contributed by atoms with Gasteiger partial charge in [0, 0.05) is 23.0 Å². The summed E-state index contributed by atoms with van der Waals surface area (Å²) in [6, 6.07) is 6.92. The summed E-state index contributed by atoms with van der Waals surface area (Å²) in [4.78, 5) is 24.0. The van der Waals surface area contributed by atoms with E-state index in [1.807, 2.05) is 0 Å². The molecule has 2 aromatic rings. The highest BCUT2D eigenvalue weighted by Crippen LogP contribution is 2.19. The first-order valence-corrected chi connectivity index (χ1v) is 6.93. The molecule has 1 N–H and O–H groups in total. The van der Waals surface area contributed by atoms with E-state index in [0.717, 1.165) is 19.3 Å². The number of hydrogen-bond donors (Lipinski definition) is 1. The van der Waals surface area contributed by atoms with Crippen LogP contribution in [-0.2, 0) is 6.54 Å². The van der Waals surface area contributed by atoms with E-state index in [1.54, 1.807) is 35.8 Å². The molecule has 1 aromatic carbocycles. The van der Waals surface area contributed by atoms with Crippen LogP contribution < -0.4 is 5.56 Å². The number of hydrogen-bond acceptors (Lipinski definition) is 2. The summed E-state index contributed by atoms with van der Waals surface area (Å²) < 4.78 is 1.60. The number of fused-ring (bicyclic) bond motifs is 1. The van der Waals surface area contributed by atoms with Gasteiger partial charge in [-0.15, -0.1) is 0 Å². The number of benzene rings is 1. The highest BCUT2D eigenvalue weighted by Gasteiger charge is 2.17. The van der Waals surface area contributed by atoms with Crippen molar-refractivity contribution in [1.82, 2.24) is 4.57 Å². The lowest BCUT2D eigenvalue weighted by Crippen LogP contribution is -2.25. The summed E-state index contributed by atoms with van der Waals surface area (Å²) >= 11 is 0. The molecule has 0 radical (unpaired) electrons. The fourth-order valence-electron chi connectivity index (χ4n) is 2.57. The van der Waals surface area contributed by atoms with Crippen molar-refractivity contribution in [1.29, 1.82) is 0 Å². The van der Waals surface area contributed by atoms with E-state index < -0.39 is 5.97 Å². The second kappa shape index (κ2) is 5.90. The van der Waals surface area contributed by atoms with Gasteiger partial charge in [0.1, 0.15) is 0 Å². The van der Waals surface area contributed by atoms with Crippen LogP contribution in [0.3, 0.4) is 0 Å². The molecule has 0 saturated carbocycles. The molecule has 4 heteroatoms. The fraction of sp³-hybridized carbons (Fsp3) is 0.375. The zero-order valence-corrected chi connectivity index (χ0v) is 11.8. The Kier molecular flexibility index (Phi) is 4.23. The van der Waals surface area contributed by atoms with Crippen LogP contribution in [0.1, 0.15) is 42.2 Å². The summed E-state index contributed by atoms with van der Waals surface area (Å²) in [6.45, 7) is 4.38. The first-order chi connectivity index (χ1) is 9.57. The predicted octanol–water partition coefficient (Wildman–Crippen LogP) is 3.20. The summed E-state index contributed by atoms with van der Waals surface area (Å²) in [5.41, 5.74) is 0.674. The number of unbranched alkanes of at least 4 members (excludes halogenated alkanes) is 2. The summed E-state index contributed by atoms with van der Waals surface area (Å²) in [5.74, 6) is -0.983. The van der Waals surface area contributed by atoms with E-state index in [4.69, 9.17) is 0 Å². The van der Waals surface area contributed by atoms with Crippen LogP contribution in [0.2, 0.25) is 0 Å². The zero-order valence-electron chi connectivity index (χ0n) is 11.8. The molecule has 0 spiro atoms. The topological polar surface area (TPSA) is 59.3 Å². The first-order valence-electron chi connectivity index (χ1n) is 6.93. The van der Waals surface area contributed by atoms with Gasteiger partial charge in [0.05, 0.1) is 5.56 Å². The van der Waals surface area contributed by atoms with Gasteiger partial charge >= 0.3 is 5.97 Å². The van der Waals surface area contributed by atoms with Crippen LogP contribution in [0.5, 0.6) is 0 Å². The summed E-state index contributed by atoms with van der Waals surface area (Å²) in [5, 5.41) is 10.4. The molecular formula is C16H19NO3. The molecule has 4 nitrogen and oxygen atoms in total. The standard InChI is InChI=1S/C16H19NO3/c1-3-4-7-10-17-11(2)14(16(19)20)12-8-5-6-9-13(12)15(17)18/h5-6,8-9H,3-4,7,10H2,1-2H3,(H,19,20). The Labute approximate surface area is 117 Å². The number of carboxylic acids is 1. The van der Waals surface area contributed by atoms with Gasteiger partial charge in [-0.1, -0.05) is 38.0 Å². The quantitative estimate of drug-likeness (QED) is 0.851. The van der Waals surface area contributed by atoms with Crippen molar-refractivity contribution in [2.24, 2.45) is 0 Å². The number of nitrogens with zero attached hydrogens (tertiary/aromatic N) is 1. The number of aromatic carboxylic acids is 1. The minimum absolute atomic E-state index is 0.0980. The molecule has 0 unspecified atom stereocenters. The summed E-state index contributed by atoms with van der Waals surface area (Å²) in [6.07, 6.45) is 2.98. The van der Waals surface area contributed by atoms with Gasteiger partial charge in [-0.2, -0.15) is 0 Å². The van der Waals surface area contributed by atoms with Crippen LogP contribution in [0.4, 0.5) is 0 Å². The van der Waals surface area contributed by atoms with Gasteiger partial charge in [0.25, 0.3) is 5.56 Å². The number of carbonyl (C=O) groups is 1. The molecule has 20 heavy (non-hydrogen) atoms. The van der Waals surface area contributed by atoms with Gasteiger partial charge in [0.15, 0.2) is 0 Å². The van der Waals surface area contributed by atoms with E-state index in [1.165, 1.54) is 0 Å². The minimum Gasteiger partial charge on any atom is -0.478 e. The second-order valence-corrected chi connectivity index (χ2v) is 4.98. The normalized spacial score (nSPS) is 10.9. The van der Waals surface area contributed by atoms with E-state index in [2.05, 4.69) is 6.92 Å². The molecule has 0 aliphatic rings. The molecule has 1 heterocycles. The van der Waals surface area contributed by atoms with E-state index >= 15 is 0 Å². The van der Waals surface area contributed by atoms with Gasteiger partial charge in [-0.05, 0) is 19.4 Å². The molecule has 0 aliphatic heterocycles. The molecule has 0 aliphatic carbocycles. The molecule has 0 atom stereocenters. The average molecular weight is 273 g/mol. The van der Waals surface area contributed by atoms with Crippen LogP contribution in [0.15, 0.2) is 29.1 Å². The third-order valence-corrected chi connectivity index (χ3v) is 3.64. The monoisotopic (exact) mass is 273 g/mol. The van der Waals surface area contributed by atoms with Crippen LogP contribution in [-0.4, -0.2) is 15.6 Å². The SMILES string of the molecule is CCCCCn1c(C)c(C(=O)O)c2ccccc2c1=O. The van der Waals surface area contributed by atoms with Crippen molar-refractivity contribution in [3.8, 4) is 0 Å². The first kappa shape index (κ1) is 14.3. The van der Waals surface area contributed by atoms with Crippen molar-refractivity contribution in [2.45, 2.75) is 39.7 Å². The molecule has 106 valence electrons. The van der Waals surface area contributed by atoms with Crippen molar-refractivity contribution in [3.63, 3.8) is 0 Å². The van der Waals surface area contributed by atoms with E-state index in [9.17, 15) is 14.7 Å². The Hall–Kier alpha value is -2.10. The van der Waals surface area contributed by atoms with Crippen molar-refractivity contribution < 1.29 is 9.90 Å². The van der Waals surface area contributed by atoms with Crippen LogP contribution in [0, 0.1) is 6.92 Å². The molecule has 0 bridgehead atoms. The van der Waals surface area contributed by atoms with Gasteiger partial charge < -0.3 is 9.67 Å². The Morgan fingerprint density at radius 1 is 1.20 bits per heavy atom. The van der Waals surface area contributed by atoms with Crippen molar-refractivity contribution in [3.05, 3.63) is 45.9 Å². The van der Waals surface area contributed by atoms with Crippen LogP contribution >= 0.6 is 0 Å². The van der Waals surface area contributed by atoms with Crippen LogP contribution in [0.25, 0.3) is 10.8 Å². The Bertz CT molecular complexity index is 701. The van der Waals surface area contributed by atoms with Crippen molar-refractivity contribution >= 4 is 16.7 Å². The van der Waals surface area contributed by atoms with Gasteiger partial charge in [-0.25, -0.2) is 4.79 Å². The largest absolute Gasteiger partial charge is 0.478 e. The summed E-state index contributed by atoms with van der Waals surface area (Å²) in [7, 11) is 0. The number of aromatic nitrogens is 1. The number of carboxylic acid groups (broad SMARTS) is 1. The molecular weight excluding hydrogens is 254 g/mol. The minimum atomic E-state index is -0.983. The lowest BCUT2D eigenvalue weighted by atomic mass is 10.0. The highest BCUT2D eigenvalue weighted by molar-refractivity contribution is 6.04. The molecule has 0 saturated heterocycles. The third kappa shape index (κ3) is 2.46. The van der Waals surface area contributed by atoms with Crippen molar-refractivity contribution in [2.75, 3.05) is 0 Å². The third-order valence-electron chi connectivity index (χ3n) is 3.64. The molecule has 0 fully saturated rings. The van der Waals surface area contributed by atoms with Gasteiger partial charge in [0.2, 0.25) is 0 Å². The fourth-order valence-corrected chi connectivity index (χ4v) is 2.57. The highest BCUT2D eigenvalue weighted by atomic mass is 16.4. The Morgan fingerprint density at radius 2 is 1.85 bits per heavy atom. The van der Waals surface area contributed by atoms with Gasteiger partial charge in [-0.3, -0.25) is 4.79 Å². The maximum atomic E-state index is 12.5. The number of pyridine rings is 1. The van der Waals surface area contributed by atoms with E-state index in [0.29, 0.717) is 23.0 Å². The maximum Gasteiger partial charge on any atom is 0.338 e. The lowest BCUT2D eigenvalue weighted by molar-refractivity contribution is 0.0697. The average Bonchev–Trinajstić information content (AvgIpc) is 2.42. The Balaban J connectivity index is 2.69. The molecule has 1 aromatic heterocycles. The Morgan fingerprint density at radius 3 is 2.45 bits per heavy atom. The van der Waals surface area contributed by atoms with E-state index in [-0.39, 0.29) is 11.1 Å². The maximum absolute atomic E-state index is 12.5. The molecule has 0 amide bonds. The molecule has 2 rings (SSSR count). The smallest absolute Gasteiger partial charge is 0.338 e. The number of rotatable bonds is 5. The second-order valence-electron chi connectivity index (χ2n) is 4.98. The zero-order chi connectivity index (χ0) is 14.7.